The molecule has 1 aliphatic rings. The molecule has 0 radical (unpaired) electrons. The second kappa shape index (κ2) is 9.14. The number of nitrogens with one attached hydrogen (secondary N) is 3. The number of aromatic amines is 1. The lowest BCUT2D eigenvalue weighted by Gasteiger charge is -2.26. The lowest BCUT2D eigenvalue weighted by molar-refractivity contribution is 0.0376. The van der Waals surface area contributed by atoms with Gasteiger partial charge in [-0.3, -0.25) is 4.90 Å². The van der Waals surface area contributed by atoms with Crippen LogP contribution in [0.1, 0.15) is 6.42 Å². The number of anilines is 1. The number of hydrogen-bond acceptors (Lipinski definition) is 4. The Hall–Kier alpha value is -2.48. The first-order valence-corrected chi connectivity index (χ1v) is 10.1. The molecule has 0 atom stereocenters. The van der Waals surface area contributed by atoms with Crippen molar-refractivity contribution in [2.45, 2.75) is 6.42 Å². The molecule has 2 heterocycles. The van der Waals surface area contributed by atoms with Gasteiger partial charge in [0.2, 0.25) is 0 Å². The Bertz CT molecular complexity index is 885. The fourth-order valence-corrected chi connectivity index (χ4v) is 3.53. The molecule has 146 valence electrons. The third-order valence-electron chi connectivity index (χ3n) is 4.85. The van der Waals surface area contributed by atoms with Gasteiger partial charge in [0.1, 0.15) is 5.82 Å². The summed E-state index contributed by atoms with van der Waals surface area (Å²) in [5.74, 6) is 0.872. The molecule has 0 bridgehead atoms. The van der Waals surface area contributed by atoms with E-state index in [0.29, 0.717) is 5.11 Å². The summed E-state index contributed by atoms with van der Waals surface area (Å²) in [4.78, 5) is 10.4. The van der Waals surface area contributed by atoms with Gasteiger partial charge in [-0.2, -0.15) is 0 Å². The molecule has 6 nitrogen and oxygen atoms in total. The van der Waals surface area contributed by atoms with Crippen LogP contribution in [-0.4, -0.2) is 59.4 Å². The second-order valence-electron chi connectivity index (χ2n) is 6.87. The molecule has 1 aliphatic heterocycles. The first-order valence-electron chi connectivity index (χ1n) is 9.68. The number of aromatic nitrogens is 2. The van der Waals surface area contributed by atoms with Crippen molar-refractivity contribution in [1.29, 1.82) is 0 Å². The molecular weight excluding hydrogens is 370 g/mol. The van der Waals surface area contributed by atoms with E-state index in [9.17, 15) is 0 Å². The van der Waals surface area contributed by atoms with Gasteiger partial charge in [-0.15, -0.1) is 0 Å². The van der Waals surface area contributed by atoms with Crippen LogP contribution in [0.5, 0.6) is 0 Å². The van der Waals surface area contributed by atoms with Gasteiger partial charge in [-0.1, -0.05) is 12.1 Å². The average Bonchev–Trinajstić information content (AvgIpc) is 3.17. The monoisotopic (exact) mass is 395 g/mol. The van der Waals surface area contributed by atoms with Crippen LogP contribution in [0.3, 0.4) is 0 Å². The predicted molar refractivity (Wildman–Crippen MR) is 118 cm³/mol. The van der Waals surface area contributed by atoms with E-state index in [1.165, 1.54) is 0 Å². The molecule has 0 aliphatic carbocycles. The van der Waals surface area contributed by atoms with Crippen molar-refractivity contribution in [3.63, 3.8) is 0 Å². The summed E-state index contributed by atoms with van der Waals surface area (Å²) in [6, 6.07) is 16.2. The average molecular weight is 396 g/mol. The summed E-state index contributed by atoms with van der Waals surface area (Å²) in [6.07, 6.45) is 1.06. The van der Waals surface area contributed by atoms with Crippen LogP contribution in [0.25, 0.3) is 22.4 Å². The highest BCUT2D eigenvalue weighted by Gasteiger charge is 2.09. The van der Waals surface area contributed by atoms with Crippen molar-refractivity contribution in [3.05, 3.63) is 48.5 Å². The maximum absolute atomic E-state index is 5.40. The zero-order valence-corrected chi connectivity index (χ0v) is 16.6. The Kier molecular flexibility index (Phi) is 6.16. The van der Waals surface area contributed by atoms with E-state index < -0.39 is 0 Å². The fourth-order valence-electron chi connectivity index (χ4n) is 3.31. The second-order valence-corrected chi connectivity index (χ2v) is 7.28. The molecule has 0 spiro atoms. The summed E-state index contributed by atoms with van der Waals surface area (Å²) in [5.41, 5.74) is 4.03. The van der Waals surface area contributed by atoms with E-state index in [4.69, 9.17) is 17.0 Å². The molecule has 4 rings (SSSR count). The number of imidazole rings is 1. The smallest absolute Gasteiger partial charge is 0.170 e. The number of rotatable bonds is 6. The maximum Gasteiger partial charge on any atom is 0.170 e. The number of hydrogen-bond donors (Lipinski definition) is 3. The number of fused-ring (bicyclic) bond motifs is 1. The minimum Gasteiger partial charge on any atom is -0.379 e. The molecule has 1 fully saturated rings. The topological polar surface area (TPSA) is 65.2 Å². The zero-order chi connectivity index (χ0) is 19.2. The molecule has 1 saturated heterocycles. The molecule has 28 heavy (non-hydrogen) atoms. The summed E-state index contributed by atoms with van der Waals surface area (Å²) in [6.45, 7) is 5.68. The number of H-pyrrole nitrogens is 1. The van der Waals surface area contributed by atoms with Crippen LogP contribution in [0.15, 0.2) is 48.5 Å². The van der Waals surface area contributed by atoms with Gasteiger partial charge in [-0.05, 0) is 61.6 Å². The van der Waals surface area contributed by atoms with Crippen LogP contribution >= 0.6 is 12.2 Å². The van der Waals surface area contributed by atoms with Crippen LogP contribution in [0, 0.1) is 0 Å². The van der Waals surface area contributed by atoms with Gasteiger partial charge in [0, 0.05) is 30.9 Å². The van der Waals surface area contributed by atoms with Gasteiger partial charge >= 0.3 is 0 Å². The van der Waals surface area contributed by atoms with E-state index in [1.54, 1.807) is 0 Å². The molecule has 2 aromatic carbocycles. The van der Waals surface area contributed by atoms with Crippen molar-refractivity contribution >= 4 is 34.1 Å². The van der Waals surface area contributed by atoms with E-state index in [-0.39, 0.29) is 0 Å². The first kappa shape index (κ1) is 18.9. The van der Waals surface area contributed by atoms with E-state index in [0.717, 1.165) is 73.9 Å². The zero-order valence-electron chi connectivity index (χ0n) is 15.8. The number of ether oxygens (including phenoxy) is 1. The fraction of sp³-hybridized carbons (Fsp3) is 0.333. The SMILES string of the molecule is S=C(NCCCN1CCOCC1)Nc1ccc(-c2nc3ccccc3[nH]2)cc1. The van der Waals surface area contributed by atoms with Crippen molar-refractivity contribution in [1.82, 2.24) is 20.2 Å². The Labute approximate surface area is 170 Å². The van der Waals surface area contributed by atoms with Crippen molar-refractivity contribution in [2.24, 2.45) is 0 Å². The normalized spacial score (nSPS) is 14.9. The molecular formula is C21H25N5OS. The van der Waals surface area contributed by atoms with Crippen molar-refractivity contribution in [2.75, 3.05) is 44.7 Å². The van der Waals surface area contributed by atoms with E-state index in [1.807, 2.05) is 48.5 Å². The van der Waals surface area contributed by atoms with Crippen LogP contribution < -0.4 is 10.6 Å². The Morgan fingerprint density at radius 3 is 2.68 bits per heavy atom. The van der Waals surface area contributed by atoms with Gasteiger partial charge in [0.05, 0.1) is 24.2 Å². The summed E-state index contributed by atoms with van der Waals surface area (Å²) in [5, 5.41) is 7.17. The Morgan fingerprint density at radius 1 is 1.11 bits per heavy atom. The van der Waals surface area contributed by atoms with Crippen molar-refractivity contribution < 1.29 is 4.74 Å². The van der Waals surface area contributed by atoms with Crippen LogP contribution in [0.2, 0.25) is 0 Å². The van der Waals surface area contributed by atoms with Gasteiger partial charge in [0.15, 0.2) is 5.11 Å². The van der Waals surface area contributed by atoms with E-state index >= 15 is 0 Å². The quantitative estimate of drug-likeness (QED) is 0.440. The molecule has 3 aromatic rings. The lowest BCUT2D eigenvalue weighted by atomic mass is 10.2. The molecule has 0 unspecified atom stereocenters. The molecule has 7 heteroatoms. The van der Waals surface area contributed by atoms with Crippen LogP contribution in [0.4, 0.5) is 5.69 Å². The number of para-hydroxylation sites is 2. The number of thiocarbonyl (C=S) groups is 1. The Balaban J connectivity index is 1.25. The lowest BCUT2D eigenvalue weighted by Crippen LogP contribution is -2.38. The highest BCUT2D eigenvalue weighted by molar-refractivity contribution is 7.80. The van der Waals surface area contributed by atoms with Crippen LogP contribution in [-0.2, 0) is 4.74 Å². The molecule has 0 saturated carbocycles. The minimum atomic E-state index is 0.651. The highest BCUT2D eigenvalue weighted by atomic mass is 32.1. The number of morpholine rings is 1. The number of nitrogens with zero attached hydrogens (tertiary/aromatic N) is 2. The molecule has 3 N–H and O–H groups in total. The highest BCUT2D eigenvalue weighted by Crippen LogP contribution is 2.21. The first-order chi connectivity index (χ1) is 13.8. The van der Waals surface area contributed by atoms with Gasteiger partial charge in [-0.25, -0.2) is 4.98 Å². The van der Waals surface area contributed by atoms with Gasteiger partial charge < -0.3 is 20.4 Å². The third kappa shape index (κ3) is 4.86. The number of benzene rings is 2. The van der Waals surface area contributed by atoms with Gasteiger partial charge in [0.25, 0.3) is 0 Å². The third-order valence-corrected chi connectivity index (χ3v) is 5.09. The standard InChI is InChI=1S/C21H25N5OS/c28-21(22-10-3-11-26-12-14-27-15-13-26)23-17-8-6-16(7-9-17)20-24-18-4-1-2-5-19(18)25-20/h1-2,4-9H,3,10-15H2,(H,24,25)(H2,22,23,28). The predicted octanol–water partition coefficient (Wildman–Crippen LogP) is 3.24. The summed E-state index contributed by atoms with van der Waals surface area (Å²) < 4.78 is 5.37. The summed E-state index contributed by atoms with van der Waals surface area (Å²) >= 11 is 5.40. The summed E-state index contributed by atoms with van der Waals surface area (Å²) in [7, 11) is 0. The maximum atomic E-state index is 5.40. The van der Waals surface area contributed by atoms with Crippen molar-refractivity contribution in [3.8, 4) is 11.4 Å². The van der Waals surface area contributed by atoms with E-state index in [2.05, 4.69) is 25.5 Å². The molecule has 1 aromatic heterocycles. The molecule has 0 amide bonds. The minimum absolute atomic E-state index is 0.651. The Morgan fingerprint density at radius 2 is 1.89 bits per heavy atom. The largest absolute Gasteiger partial charge is 0.379 e.